The molecular weight excluding hydrogens is 440 g/mol. The lowest BCUT2D eigenvalue weighted by molar-refractivity contribution is 0.403. The van der Waals surface area contributed by atoms with Crippen molar-refractivity contribution in [3.8, 4) is 11.5 Å². The summed E-state index contributed by atoms with van der Waals surface area (Å²) >= 11 is 6.06. The van der Waals surface area contributed by atoms with Crippen molar-refractivity contribution < 1.29 is 26.3 Å². The Balaban J connectivity index is 2.00. The predicted octanol–water partition coefficient (Wildman–Crippen LogP) is 3.09. The Hall–Kier alpha value is -2.17. The van der Waals surface area contributed by atoms with Crippen LogP contribution in [0.2, 0.25) is 5.02 Å². The van der Waals surface area contributed by atoms with Gasteiger partial charge >= 0.3 is 0 Å². The molecule has 0 atom stereocenters. The molecule has 1 aliphatic heterocycles. The lowest BCUT2D eigenvalue weighted by Gasteiger charge is -2.28. The minimum absolute atomic E-state index is 0.0315. The van der Waals surface area contributed by atoms with Gasteiger partial charge in [-0.15, -0.1) is 0 Å². The van der Waals surface area contributed by atoms with Crippen LogP contribution in [-0.4, -0.2) is 43.4 Å². The molecule has 0 radical (unpaired) electrons. The number of halogens is 1. The van der Waals surface area contributed by atoms with Gasteiger partial charge in [-0.1, -0.05) is 11.6 Å². The van der Waals surface area contributed by atoms with Gasteiger partial charge in [0.05, 0.1) is 36.4 Å². The summed E-state index contributed by atoms with van der Waals surface area (Å²) in [4.78, 5) is -0.176. The summed E-state index contributed by atoms with van der Waals surface area (Å²) in [5.74, 6) is 0.531. The molecule has 1 N–H and O–H groups in total. The Morgan fingerprint density at radius 2 is 1.72 bits per heavy atom. The fourth-order valence-corrected chi connectivity index (χ4v) is 6.18. The maximum Gasteiger partial charge on any atom is 0.265 e. The molecule has 0 aromatic heterocycles. The van der Waals surface area contributed by atoms with E-state index in [1.165, 1.54) is 54.9 Å². The number of sulfonamides is 2. The molecule has 11 heteroatoms. The molecule has 0 bridgehead atoms. The summed E-state index contributed by atoms with van der Waals surface area (Å²) in [5.41, 5.74) is 0.507. The van der Waals surface area contributed by atoms with Gasteiger partial charge in [-0.25, -0.2) is 16.8 Å². The van der Waals surface area contributed by atoms with Gasteiger partial charge in [0.1, 0.15) is 16.4 Å². The normalized spacial score (nSPS) is 16.3. The molecule has 1 aliphatic rings. The largest absolute Gasteiger partial charge is 0.495 e. The fraction of sp³-hybridized carbons (Fsp3) is 0.333. The van der Waals surface area contributed by atoms with E-state index in [2.05, 4.69) is 4.72 Å². The van der Waals surface area contributed by atoms with E-state index < -0.39 is 20.0 Å². The van der Waals surface area contributed by atoms with Crippen molar-refractivity contribution in [1.29, 1.82) is 0 Å². The Morgan fingerprint density at radius 1 is 1.03 bits per heavy atom. The zero-order chi connectivity index (χ0) is 21.2. The summed E-state index contributed by atoms with van der Waals surface area (Å²) in [5, 5.41) is 0.243. The SMILES string of the molecule is COc1ccc(NS(=O)(=O)c2cc(N3CCCCS3(=O)=O)ccc2OC)cc1Cl. The van der Waals surface area contributed by atoms with E-state index in [4.69, 9.17) is 21.1 Å². The minimum Gasteiger partial charge on any atom is -0.495 e. The van der Waals surface area contributed by atoms with Crippen molar-refractivity contribution in [2.24, 2.45) is 0 Å². The fourth-order valence-electron chi connectivity index (χ4n) is 3.05. The quantitative estimate of drug-likeness (QED) is 0.710. The molecule has 1 fully saturated rings. The van der Waals surface area contributed by atoms with Crippen LogP contribution in [0.25, 0.3) is 0 Å². The van der Waals surface area contributed by atoms with Gasteiger partial charge in [0.2, 0.25) is 10.0 Å². The van der Waals surface area contributed by atoms with E-state index in [-0.39, 0.29) is 32.8 Å². The highest BCUT2D eigenvalue weighted by Crippen LogP contribution is 2.34. The second-order valence-corrected chi connectivity index (χ2v) is 10.5. The molecule has 158 valence electrons. The van der Waals surface area contributed by atoms with E-state index in [0.717, 1.165) is 0 Å². The highest BCUT2D eigenvalue weighted by Gasteiger charge is 2.28. The second kappa shape index (κ2) is 8.29. The third-order valence-electron chi connectivity index (χ3n) is 4.48. The van der Waals surface area contributed by atoms with Gasteiger partial charge < -0.3 is 9.47 Å². The van der Waals surface area contributed by atoms with Crippen LogP contribution in [-0.2, 0) is 20.0 Å². The van der Waals surface area contributed by atoms with Crippen LogP contribution in [0.15, 0.2) is 41.3 Å². The Kier molecular flexibility index (Phi) is 6.16. The van der Waals surface area contributed by atoms with Crippen molar-refractivity contribution in [3.63, 3.8) is 0 Å². The lowest BCUT2D eigenvalue weighted by atomic mass is 10.2. The molecule has 0 spiro atoms. The number of nitrogens with zero attached hydrogens (tertiary/aromatic N) is 1. The molecule has 3 rings (SSSR count). The smallest absolute Gasteiger partial charge is 0.265 e. The van der Waals surface area contributed by atoms with Crippen LogP contribution in [0.3, 0.4) is 0 Å². The standard InChI is InChI=1S/C18H21ClN2O6S2/c1-26-16-7-5-13(11-15(16)19)20-29(24,25)18-12-14(6-8-17(18)27-2)21-9-3-4-10-28(21,22)23/h5-8,11-12,20H,3-4,9-10H2,1-2H3. The van der Waals surface area contributed by atoms with Gasteiger partial charge in [0, 0.05) is 6.54 Å². The number of nitrogens with one attached hydrogen (secondary N) is 1. The van der Waals surface area contributed by atoms with E-state index in [0.29, 0.717) is 25.1 Å². The lowest BCUT2D eigenvalue weighted by Crippen LogP contribution is -2.37. The monoisotopic (exact) mass is 460 g/mol. The Labute approximate surface area is 175 Å². The number of anilines is 2. The van der Waals surface area contributed by atoms with Crippen LogP contribution in [0, 0.1) is 0 Å². The maximum absolute atomic E-state index is 13.0. The summed E-state index contributed by atoms with van der Waals surface area (Å²) in [6.07, 6.45) is 1.29. The van der Waals surface area contributed by atoms with Crippen molar-refractivity contribution in [2.45, 2.75) is 17.7 Å². The highest BCUT2D eigenvalue weighted by molar-refractivity contribution is 7.93. The Bertz CT molecular complexity index is 1120. The van der Waals surface area contributed by atoms with Gasteiger partial charge in [0.15, 0.2) is 0 Å². The molecule has 0 saturated carbocycles. The minimum atomic E-state index is -4.09. The first-order chi connectivity index (χ1) is 13.7. The maximum atomic E-state index is 13.0. The Morgan fingerprint density at radius 3 is 2.34 bits per heavy atom. The molecular formula is C18H21ClN2O6S2. The molecule has 29 heavy (non-hydrogen) atoms. The van der Waals surface area contributed by atoms with Gasteiger partial charge in [-0.3, -0.25) is 9.03 Å². The summed E-state index contributed by atoms with van der Waals surface area (Å²) in [6, 6.07) is 8.74. The van der Waals surface area contributed by atoms with Gasteiger partial charge in [0.25, 0.3) is 10.0 Å². The average molecular weight is 461 g/mol. The number of methoxy groups -OCH3 is 2. The third kappa shape index (κ3) is 4.54. The van der Waals surface area contributed by atoms with Crippen LogP contribution in [0.1, 0.15) is 12.8 Å². The summed E-state index contributed by atoms with van der Waals surface area (Å²) in [6.45, 7) is 0.301. The third-order valence-corrected chi connectivity index (χ3v) is 8.05. The van der Waals surface area contributed by atoms with Crippen molar-refractivity contribution in [2.75, 3.05) is 35.5 Å². The number of benzene rings is 2. The van der Waals surface area contributed by atoms with Gasteiger partial charge in [-0.05, 0) is 49.2 Å². The number of rotatable bonds is 6. The van der Waals surface area contributed by atoms with E-state index >= 15 is 0 Å². The van der Waals surface area contributed by atoms with Crippen LogP contribution in [0.5, 0.6) is 11.5 Å². The molecule has 1 saturated heterocycles. The van der Waals surface area contributed by atoms with Crippen LogP contribution in [0.4, 0.5) is 11.4 Å². The molecule has 0 unspecified atom stereocenters. The predicted molar refractivity (Wildman–Crippen MR) is 112 cm³/mol. The molecule has 8 nitrogen and oxygen atoms in total. The van der Waals surface area contributed by atoms with E-state index in [1.54, 1.807) is 0 Å². The molecule has 2 aromatic carbocycles. The number of hydrogen-bond acceptors (Lipinski definition) is 6. The first-order valence-electron chi connectivity index (χ1n) is 8.73. The average Bonchev–Trinajstić information content (AvgIpc) is 2.67. The number of ether oxygens (including phenoxy) is 2. The van der Waals surface area contributed by atoms with Crippen LogP contribution >= 0.6 is 11.6 Å². The molecule has 0 aliphatic carbocycles. The van der Waals surface area contributed by atoms with E-state index in [9.17, 15) is 16.8 Å². The van der Waals surface area contributed by atoms with Gasteiger partial charge in [-0.2, -0.15) is 0 Å². The zero-order valence-corrected chi connectivity index (χ0v) is 18.3. The van der Waals surface area contributed by atoms with E-state index in [1.807, 2.05) is 0 Å². The zero-order valence-electron chi connectivity index (χ0n) is 15.9. The molecule has 2 aromatic rings. The first-order valence-corrected chi connectivity index (χ1v) is 12.2. The summed E-state index contributed by atoms with van der Waals surface area (Å²) < 4.78 is 64.7. The molecule has 0 amide bonds. The van der Waals surface area contributed by atoms with Crippen molar-refractivity contribution in [3.05, 3.63) is 41.4 Å². The molecule has 1 heterocycles. The van der Waals surface area contributed by atoms with Crippen molar-refractivity contribution >= 4 is 43.0 Å². The number of hydrogen-bond donors (Lipinski definition) is 1. The first kappa shape index (κ1) is 21.5. The topological polar surface area (TPSA) is 102 Å². The summed E-state index contributed by atoms with van der Waals surface area (Å²) in [7, 11) is -4.77. The second-order valence-electron chi connectivity index (χ2n) is 6.39. The van der Waals surface area contributed by atoms with Crippen LogP contribution < -0.4 is 18.5 Å². The van der Waals surface area contributed by atoms with Crippen molar-refractivity contribution in [1.82, 2.24) is 0 Å². The highest BCUT2D eigenvalue weighted by atomic mass is 35.5.